The summed E-state index contributed by atoms with van der Waals surface area (Å²) in [6.07, 6.45) is -10.6. The molecule has 17 heteroatoms. The van der Waals surface area contributed by atoms with Gasteiger partial charge in [-0.15, -0.1) is 0 Å². The van der Waals surface area contributed by atoms with E-state index in [-0.39, 0.29) is 24.9 Å². The van der Waals surface area contributed by atoms with E-state index in [9.17, 15) is 57.9 Å². The van der Waals surface area contributed by atoms with Gasteiger partial charge in [-0.25, -0.2) is 21.6 Å². The maximum absolute atomic E-state index is 14.5. The van der Waals surface area contributed by atoms with E-state index in [2.05, 4.69) is 4.74 Å². The van der Waals surface area contributed by atoms with E-state index < -0.39 is 85.1 Å². The van der Waals surface area contributed by atoms with Crippen molar-refractivity contribution in [1.82, 2.24) is 4.90 Å². The fourth-order valence-electron chi connectivity index (χ4n) is 5.89. The van der Waals surface area contributed by atoms with Crippen LogP contribution in [0.4, 0.5) is 39.5 Å². The highest BCUT2D eigenvalue weighted by molar-refractivity contribution is 7.92. The Kier molecular flexibility index (Phi) is 9.70. The van der Waals surface area contributed by atoms with Gasteiger partial charge < -0.3 is 9.64 Å². The van der Waals surface area contributed by atoms with Crippen LogP contribution in [-0.2, 0) is 42.7 Å². The minimum Gasteiger partial charge on any atom is -0.349 e. The molecule has 50 heavy (non-hydrogen) atoms. The Hall–Kier alpha value is -4.64. The number of hydrogen-bond acceptors (Lipinski definition) is 5. The van der Waals surface area contributed by atoms with Crippen LogP contribution in [0.25, 0.3) is 0 Å². The van der Waals surface area contributed by atoms with E-state index in [0.29, 0.717) is 29.8 Å². The zero-order chi connectivity index (χ0) is 36.7. The molecule has 1 N–H and O–H groups in total. The van der Waals surface area contributed by atoms with Gasteiger partial charge in [-0.05, 0) is 53.9 Å². The molecule has 4 aromatic rings. The average Bonchev–Trinajstić information content (AvgIpc) is 3.51. The fraction of sp³-hybridized carbons (Fsp3) is 0.273. The van der Waals surface area contributed by atoms with Gasteiger partial charge in [0.2, 0.25) is 18.3 Å². The van der Waals surface area contributed by atoms with Gasteiger partial charge >= 0.3 is 12.4 Å². The molecule has 0 spiro atoms. The fourth-order valence-corrected chi connectivity index (χ4v) is 7.97. The molecule has 266 valence electrons. The first-order valence-corrected chi connectivity index (χ1v) is 16.1. The lowest BCUT2D eigenvalue weighted by molar-refractivity contribution is -0.904. The van der Waals surface area contributed by atoms with Crippen molar-refractivity contribution in [2.45, 2.75) is 47.0 Å². The molecule has 2 heterocycles. The van der Waals surface area contributed by atoms with E-state index in [1.54, 1.807) is 0 Å². The maximum Gasteiger partial charge on any atom is 0.430 e. The molecule has 3 aromatic carbocycles. The number of carbonyl (C=O) groups excluding carboxylic acids is 1. The molecule has 1 aliphatic heterocycles. The van der Waals surface area contributed by atoms with Crippen molar-refractivity contribution in [2.24, 2.45) is 0 Å². The topological polar surface area (TPSA) is 87.8 Å². The third kappa shape index (κ3) is 6.51. The standard InChI is InChI=1S/C33H26F9N2O5S/c34-24-8-10-25(11-9-24)50(47,48)30(14-17-43(20-30)29(45)18-21-12-15-44(46)16-13-21)22-4-6-23(7-5-22)31(32(37,38)39,33(40,41)42)49-19-26-27(35)2-1-3-28(26)36/h1-13,15-16,46H,14,17-20H2/q+1/t30-/m0/s1. The second-order valence-corrected chi connectivity index (χ2v) is 13.8. The van der Waals surface area contributed by atoms with Gasteiger partial charge in [-0.3, -0.25) is 10.0 Å². The minimum absolute atomic E-state index is 0.194. The molecule has 1 atom stereocenters. The number of hydrogen-bond donors (Lipinski definition) is 1. The highest BCUT2D eigenvalue weighted by Gasteiger charge is 2.73. The average molecular weight is 734 g/mol. The number of alkyl halides is 6. The monoisotopic (exact) mass is 733 g/mol. The molecule has 0 radical (unpaired) electrons. The van der Waals surface area contributed by atoms with Crippen LogP contribution in [0, 0.1) is 17.5 Å². The van der Waals surface area contributed by atoms with Crippen molar-refractivity contribution in [3.05, 3.63) is 131 Å². The van der Waals surface area contributed by atoms with E-state index >= 15 is 0 Å². The Bertz CT molecular complexity index is 1940. The minimum atomic E-state index is -6.24. The van der Waals surface area contributed by atoms with Gasteiger partial charge in [0.05, 0.1) is 17.9 Å². The third-order valence-electron chi connectivity index (χ3n) is 8.57. The molecule has 1 amide bonds. The highest BCUT2D eigenvalue weighted by Crippen LogP contribution is 2.54. The predicted octanol–water partition coefficient (Wildman–Crippen LogP) is 6.31. The molecule has 7 nitrogen and oxygen atoms in total. The highest BCUT2D eigenvalue weighted by atomic mass is 32.2. The molecule has 0 bridgehead atoms. The summed E-state index contributed by atoms with van der Waals surface area (Å²) in [5, 5.41) is 9.44. The molecule has 0 saturated carbocycles. The molecule has 1 saturated heterocycles. The first-order chi connectivity index (χ1) is 23.3. The lowest BCUT2D eigenvalue weighted by atomic mass is 9.88. The molecule has 1 fully saturated rings. The zero-order valence-electron chi connectivity index (χ0n) is 25.5. The van der Waals surface area contributed by atoms with Crippen molar-refractivity contribution < 1.29 is 67.4 Å². The predicted molar refractivity (Wildman–Crippen MR) is 155 cm³/mol. The molecule has 0 unspecified atom stereocenters. The van der Waals surface area contributed by atoms with Crippen molar-refractivity contribution >= 4 is 15.7 Å². The Morgan fingerprint density at radius 1 is 0.840 bits per heavy atom. The second kappa shape index (κ2) is 13.2. The van der Waals surface area contributed by atoms with Crippen LogP contribution in [-0.4, -0.2) is 49.9 Å². The van der Waals surface area contributed by atoms with Crippen LogP contribution in [0.5, 0.6) is 0 Å². The van der Waals surface area contributed by atoms with Crippen molar-refractivity contribution in [3.63, 3.8) is 0 Å². The summed E-state index contributed by atoms with van der Waals surface area (Å²) < 4.78 is 161. The van der Waals surface area contributed by atoms with E-state index in [1.165, 1.54) is 24.5 Å². The summed E-state index contributed by atoms with van der Waals surface area (Å²) in [5.74, 6) is -4.26. The van der Waals surface area contributed by atoms with Gasteiger partial charge in [0.1, 0.15) is 22.2 Å². The van der Waals surface area contributed by atoms with Crippen molar-refractivity contribution in [2.75, 3.05) is 13.1 Å². The van der Waals surface area contributed by atoms with Gasteiger partial charge in [0.15, 0.2) is 9.84 Å². The Balaban J connectivity index is 1.58. The number of benzene rings is 3. The first-order valence-electron chi connectivity index (χ1n) is 14.6. The maximum atomic E-state index is 14.5. The van der Waals surface area contributed by atoms with Crippen LogP contribution in [0.2, 0.25) is 0 Å². The molecular formula is C33H26F9N2O5S+. The quantitative estimate of drug-likeness (QED) is 0.0944. The number of nitrogens with zero attached hydrogens (tertiary/aromatic N) is 2. The number of ether oxygens (including phenoxy) is 1. The van der Waals surface area contributed by atoms with Crippen LogP contribution >= 0.6 is 0 Å². The smallest absolute Gasteiger partial charge is 0.349 e. The number of halogens is 9. The summed E-state index contributed by atoms with van der Waals surface area (Å²) in [4.78, 5) is 14.0. The van der Waals surface area contributed by atoms with Crippen LogP contribution < -0.4 is 4.73 Å². The van der Waals surface area contributed by atoms with Gasteiger partial charge in [-0.1, -0.05) is 30.3 Å². The summed E-state index contributed by atoms with van der Waals surface area (Å²) in [5.41, 5.74) is -7.72. The summed E-state index contributed by atoms with van der Waals surface area (Å²) >= 11 is 0. The Morgan fingerprint density at radius 3 is 1.94 bits per heavy atom. The lowest BCUT2D eigenvalue weighted by Gasteiger charge is -2.38. The summed E-state index contributed by atoms with van der Waals surface area (Å²) in [7, 11) is -4.63. The first kappa shape index (κ1) is 36.6. The van der Waals surface area contributed by atoms with E-state index in [1.807, 2.05) is 0 Å². The molecule has 0 aliphatic carbocycles. The zero-order valence-corrected chi connectivity index (χ0v) is 26.3. The number of aromatic nitrogens is 1. The van der Waals surface area contributed by atoms with Crippen LogP contribution in [0.3, 0.4) is 0 Å². The van der Waals surface area contributed by atoms with Gasteiger partial charge in [-0.2, -0.15) is 26.3 Å². The number of amides is 1. The Morgan fingerprint density at radius 2 is 1.40 bits per heavy atom. The molecule has 1 aromatic heterocycles. The van der Waals surface area contributed by atoms with Gasteiger partial charge in [0, 0.05) is 41.1 Å². The lowest BCUT2D eigenvalue weighted by Crippen LogP contribution is -2.56. The van der Waals surface area contributed by atoms with Crippen molar-refractivity contribution in [3.8, 4) is 0 Å². The number of likely N-dealkylation sites (tertiary alicyclic amines) is 1. The SMILES string of the molecule is O=C(Cc1cc[n+](O)cc1)N1CC[C@](c2ccc(C(OCc3c(F)cccc3F)(C(F)(F)F)C(F)(F)F)cc2)(S(=O)(=O)c2ccc(F)cc2)C1. The summed E-state index contributed by atoms with van der Waals surface area (Å²) in [6, 6.07) is 10.7. The number of pyridine rings is 1. The van der Waals surface area contributed by atoms with Crippen LogP contribution in [0.15, 0.2) is 96.2 Å². The number of carbonyl (C=O) groups is 1. The van der Waals surface area contributed by atoms with Crippen molar-refractivity contribution in [1.29, 1.82) is 0 Å². The molecular weight excluding hydrogens is 707 g/mol. The Labute approximate surface area is 279 Å². The third-order valence-corrected chi connectivity index (χ3v) is 11.1. The van der Waals surface area contributed by atoms with Crippen LogP contribution in [0.1, 0.15) is 28.7 Å². The summed E-state index contributed by atoms with van der Waals surface area (Å²) in [6.45, 7) is -2.55. The largest absolute Gasteiger partial charge is 0.430 e. The molecule has 5 rings (SSSR count). The number of rotatable bonds is 9. The normalized spacial score (nSPS) is 17.3. The van der Waals surface area contributed by atoms with Gasteiger partial charge in [0.25, 0.3) is 5.60 Å². The molecule has 1 aliphatic rings. The number of sulfone groups is 1. The van der Waals surface area contributed by atoms with E-state index in [0.717, 1.165) is 52.1 Å². The van der Waals surface area contributed by atoms with E-state index in [4.69, 9.17) is 0 Å². The second-order valence-electron chi connectivity index (χ2n) is 11.5.